The minimum absolute atomic E-state index is 0.00418. The molecule has 1 N–H and O–H groups in total. The molecule has 0 aliphatic heterocycles. The van der Waals surface area contributed by atoms with Crippen LogP contribution in [-0.4, -0.2) is 31.3 Å². The molecule has 48 heavy (non-hydrogen) atoms. The zero-order valence-corrected chi connectivity index (χ0v) is 32.4. The topological polar surface area (TPSA) is 72.5 Å². The first kappa shape index (κ1) is 36.2. The van der Waals surface area contributed by atoms with Crippen LogP contribution in [0.3, 0.4) is 0 Å². The van der Waals surface area contributed by atoms with E-state index in [2.05, 4.69) is 74.2 Å². The largest absolute Gasteiger partial charge is 0.469 e. The first-order chi connectivity index (χ1) is 22.3. The lowest BCUT2D eigenvalue weighted by Crippen LogP contribution is -2.66. The van der Waals surface area contributed by atoms with Crippen LogP contribution >= 0.6 is 0 Å². The Morgan fingerprint density at radius 3 is 2.17 bits per heavy atom. The molecule has 12 atom stereocenters. The number of rotatable bonds is 8. The maximum Gasteiger partial charge on any atom is 0.307 e. The number of allylic oxidation sites excluding steroid dienone is 1. The minimum Gasteiger partial charge on any atom is -0.469 e. The van der Waals surface area contributed by atoms with Crippen LogP contribution in [0, 0.1) is 79.8 Å². The quantitative estimate of drug-likeness (QED) is 0.207. The molecule has 1 amide bonds. The van der Waals surface area contributed by atoms with Gasteiger partial charge in [0.15, 0.2) is 0 Å². The van der Waals surface area contributed by atoms with Gasteiger partial charge in [0.2, 0.25) is 5.91 Å². The number of ketones is 1. The predicted molar refractivity (Wildman–Crippen MR) is 193 cm³/mol. The number of carbonyl (C=O) groups is 3. The van der Waals surface area contributed by atoms with Gasteiger partial charge in [-0.25, -0.2) is 0 Å². The van der Waals surface area contributed by atoms with Gasteiger partial charge in [-0.05, 0) is 146 Å². The monoisotopic (exact) mass is 664 g/mol. The number of hydrogen-bond donors (Lipinski definition) is 1. The molecule has 6 saturated carbocycles. The molecule has 0 saturated heterocycles. The van der Waals surface area contributed by atoms with Crippen LogP contribution in [-0.2, 0) is 19.1 Å². The molecule has 0 aromatic rings. The highest BCUT2D eigenvalue weighted by Gasteiger charge is 2.71. The highest BCUT2D eigenvalue weighted by atomic mass is 16.5. The summed E-state index contributed by atoms with van der Waals surface area (Å²) >= 11 is 0. The van der Waals surface area contributed by atoms with E-state index >= 15 is 0 Å². The van der Waals surface area contributed by atoms with Gasteiger partial charge < -0.3 is 10.1 Å². The summed E-state index contributed by atoms with van der Waals surface area (Å²) in [5.41, 5.74) is 2.16. The number of fused-ring (bicyclic) bond motifs is 7. The van der Waals surface area contributed by atoms with Gasteiger partial charge in [-0.15, -0.1) is 0 Å². The molecule has 0 heterocycles. The number of nitrogens with one attached hydrogen (secondary N) is 1. The van der Waals surface area contributed by atoms with E-state index in [-0.39, 0.29) is 46.4 Å². The summed E-state index contributed by atoms with van der Waals surface area (Å²) in [5, 5.41) is 2.95. The van der Waals surface area contributed by atoms with E-state index in [0.29, 0.717) is 52.7 Å². The first-order valence-electron chi connectivity index (χ1n) is 19.8. The second kappa shape index (κ2) is 12.0. The van der Waals surface area contributed by atoms with Gasteiger partial charge in [0.05, 0.1) is 13.5 Å². The Hall–Kier alpha value is -1.65. The Morgan fingerprint density at radius 1 is 0.812 bits per heavy atom. The molecule has 0 unspecified atom stereocenters. The molecule has 0 aromatic carbocycles. The maximum absolute atomic E-state index is 14.9. The number of methoxy groups -OCH3 is 1. The van der Waals surface area contributed by atoms with Crippen molar-refractivity contribution in [3.05, 3.63) is 12.2 Å². The summed E-state index contributed by atoms with van der Waals surface area (Å²) < 4.78 is 4.72. The molecule has 6 rings (SSSR count). The predicted octanol–water partition coefficient (Wildman–Crippen LogP) is 9.58. The summed E-state index contributed by atoms with van der Waals surface area (Å²) in [6.45, 7) is 27.2. The van der Waals surface area contributed by atoms with Crippen molar-refractivity contribution in [1.82, 2.24) is 5.32 Å². The Labute approximate surface area is 292 Å². The Balaban J connectivity index is 1.23. The van der Waals surface area contributed by atoms with Gasteiger partial charge >= 0.3 is 5.97 Å². The average molecular weight is 664 g/mol. The van der Waals surface area contributed by atoms with Gasteiger partial charge in [-0.1, -0.05) is 67.5 Å². The van der Waals surface area contributed by atoms with Crippen molar-refractivity contribution in [3.63, 3.8) is 0 Å². The van der Waals surface area contributed by atoms with Crippen molar-refractivity contribution in [2.24, 2.45) is 79.8 Å². The van der Waals surface area contributed by atoms with Crippen molar-refractivity contribution in [2.75, 3.05) is 13.7 Å². The van der Waals surface area contributed by atoms with Crippen LogP contribution < -0.4 is 5.32 Å². The van der Waals surface area contributed by atoms with E-state index < -0.39 is 0 Å². The second-order valence-corrected chi connectivity index (χ2v) is 20.2. The molecular weight excluding hydrogens is 594 g/mol. The smallest absolute Gasteiger partial charge is 0.307 e. The number of esters is 1. The second-order valence-electron chi connectivity index (χ2n) is 20.2. The van der Waals surface area contributed by atoms with Crippen LogP contribution in [0.25, 0.3) is 0 Å². The van der Waals surface area contributed by atoms with Crippen molar-refractivity contribution in [3.8, 4) is 0 Å². The number of ether oxygens (including phenoxy) is 1. The molecule has 0 spiro atoms. The fourth-order valence-corrected chi connectivity index (χ4v) is 14.5. The Kier molecular flexibility index (Phi) is 9.01. The third-order valence-electron chi connectivity index (χ3n) is 18.2. The summed E-state index contributed by atoms with van der Waals surface area (Å²) in [6, 6.07) is 0. The van der Waals surface area contributed by atoms with Gasteiger partial charge in [-0.3, -0.25) is 14.4 Å². The highest BCUT2D eigenvalue weighted by Crippen LogP contribution is 2.78. The first-order valence-corrected chi connectivity index (χ1v) is 19.8. The molecule has 5 nitrogen and oxygen atoms in total. The summed E-state index contributed by atoms with van der Waals surface area (Å²) in [7, 11) is 1.37. The zero-order valence-electron chi connectivity index (χ0n) is 32.4. The van der Waals surface area contributed by atoms with E-state index in [1.54, 1.807) is 0 Å². The van der Waals surface area contributed by atoms with Gasteiger partial charge in [0, 0.05) is 24.3 Å². The van der Waals surface area contributed by atoms with Crippen molar-refractivity contribution < 1.29 is 19.1 Å². The average Bonchev–Trinajstić information content (AvgIpc) is 3.42. The van der Waals surface area contributed by atoms with E-state index in [1.807, 2.05) is 0 Å². The maximum atomic E-state index is 14.9. The standard InChI is InChI=1S/C43H69NO4/c1-26(2)29-15-20-43(34(45)25-28-24-31(39(28,6)7)37(47)44-23-17-35(46)48-11)22-21-41(9)30(36(29)43)12-13-33-40(8)18-14-27(3)38(4,5)32(40)16-19-42(33,41)10/h27-33,36H,1,12-25H2,2-11H3,(H,44,47)/t27-,28-,29-,30+,31+,32-,33+,36+,40-,41+,42+,43+/m0/s1. The number of Topliss-reactive ketones (excluding diaryl/α,β-unsaturated/α-hetero) is 1. The number of hydrogen-bond acceptors (Lipinski definition) is 4. The normalized spacial score (nSPS) is 46.9. The van der Waals surface area contributed by atoms with E-state index in [4.69, 9.17) is 4.74 Å². The Bertz CT molecular complexity index is 1330. The zero-order chi connectivity index (χ0) is 35.2. The van der Waals surface area contributed by atoms with E-state index in [9.17, 15) is 14.4 Å². The molecule has 0 radical (unpaired) electrons. The fourth-order valence-electron chi connectivity index (χ4n) is 14.5. The molecule has 6 aliphatic rings. The summed E-state index contributed by atoms with van der Waals surface area (Å²) in [6.07, 6.45) is 13.9. The van der Waals surface area contributed by atoms with Crippen molar-refractivity contribution in [1.29, 1.82) is 0 Å². The number of amides is 1. The lowest BCUT2D eigenvalue weighted by molar-refractivity contribution is -0.240. The third-order valence-corrected chi connectivity index (χ3v) is 18.2. The Morgan fingerprint density at radius 2 is 1.52 bits per heavy atom. The van der Waals surface area contributed by atoms with Gasteiger partial charge in [0.1, 0.15) is 5.78 Å². The van der Waals surface area contributed by atoms with Crippen molar-refractivity contribution >= 4 is 17.7 Å². The summed E-state index contributed by atoms with van der Waals surface area (Å²) in [4.78, 5) is 39.5. The van der Waals surface area contributed by atoms with Crippen LogP contribution in [0.5, 0.6) is 0 Å². The van der Waals surface area contributed by atoms with Crippen LogP contribution in [0.4, 0.5) is 0 Å². The third kappa shape index (κ3) is 4.98. The molecule has 0 bridgehead atoms. The highest BCUT2D eigenvalue weighted by molar-refractivity contribution is 5.87. The van der Waals surface area contributed by atoms with Crippen LogP contribution in [0.2, 0.25) is 0 Å². The molecule has 6 fully saturated rings. The molecule has 270 valence electrons. The SMILES string of the molecule is C=C(C)[C@@H]1CC[C@]2(C(=O)C[C@@H]3C[C@H](C(=O)NCCC(=O)OC)C3(C)C)CC[C@]3(C)[C@H](CC[C@@H]4[C@@]5(C)CC[C@H](C)C(C)(C)[C@@H]5CC[C@]43C)[C@@H]12. The molecule has 5 heteroatoms. The van der Waals surface area contributed by atoms with Gasteiger partial charge in [0.25, 0.3) is 0 Å². The lowest BCUT2D eigenvalue weighted by Gasteiger charge is -2.73. The van der Waals surface area contributed by atoms with E-state index in [1.165, 1.54) is 57.6 Å². The van der Waals surface area contributed by atoms with Crippen LogP contribution in [0.1, 0.15) is 146 Å². The van der Waals surface area contributed by atoms with Crippen molar-refractivity contribution in [2.45, 2.75) is 146 Å². The molecule has 0 aromatic heterocycles. The van der Waals surface area contributed by atoms with Gasteiger partial charge in [-0.2, -0.15) is 0 Å². The van der Waals surface area contributed by atoms with Crippen LogP contribution in [0.15, 0.2) is 12.2 Å². The molecular formula is C43H69NO4. The minimum atomic E-state index is -0.314. The lowest BCUT2D eigenvalue weighted by atomic mass is 9.31. The fraction of sp³-hybridized carbons (Fsp3) is 0.884. The summed E-state index contributed by atoms with van der Waals surface area (Å²) in [5.74, 6) is 4.03. The number of carbonyl (C=O) groups excluding carboxylic acids is 3. The van der Waals surface area contributed by atoms with E-state index in [0.717, 1.165) is 43.4 Å². The molecule has 6 aliphatic carbocycles.